The van der Waals surface area contributed by atoms with Gasteiger partial charge in [0.2, 0.25) is 0 Å². The molecule has 0 fully saturated rings. The van der Waals surface area contributed by atoms with E-state index in [0.29, 0.717) is 0 Å². The summed E-state index contributed by atoms with van der Waals surface area (Å²) in [7, 11) is 3.68. The van der Waals surface area contributed by atoms with Gasteiger partial charge in [-0.3, -0.25) is 4.98 Å². The van der Waals surface area contributed by atoms with Gasteiger partial charge in [-0.05, 0) is 56.0 Å². The summed E-state index contributed by atoms with van der Waals surface area (Å²) in [4.78, 5) is 7.23. The molecule has 1 N–H and O–H groups in total. The average molecular weight is 288 g/mol. The summed E-state index contributed by atoms with van der Waals surface area (Å²) in [5.74, 6) is 0.809. The maximum absolute atomic E-state index is 5.28. The molecule has 3 nitrogen and oxygen atoms in total. The Bertz CT molecular complexity index is 570. The van der Waals surface area contributed by atoms with Crippen LogP contribution >= 0.6 is 11.3 Å². The minimum Gasteiger partial charge on any atom is -0.495 e. The molecule has 0 spiro atoms. The minimum absolute atomic E-state index is 0.202. The quantitative estimate of drug-likeness (QED) is 0.937. The van der Waals surface area contributed by atoms with Gasteiger partial charge in [-0.15, -0.1) is 11.3 Å². The Labute approximate surface area is 124 Å². The third-order valence-electron chi connectivity index (χ3n) is 3.89. The van der Waals surface area contributed by atoms with Crippen LogP contribution < -0.4 is 10.1 Å². The molecule has 1 unspecified atom stereocenters. The molecule has 0 aromatic carbocycles. The summed E-state index contributed by atoms with van der Waals surface area (Å²) in [5.41, 5.74) is 2.71. The lowest BCUT2D eigenvalue weighted by molar-refractivity contribution is 0.411. The number of nitrogens with one attached hydrogen (secondary N) is 1. The van der Waals surface area contributed by atoms with Crippen molar-refractivity contribution < 1.29 is 4.74 Å². The molecule has 20 heavy (non-hydrogen) atoms. The number of aromatic nitrogens is 1. The average Bonchev–Trinajstić information content (AvgIpc) is 2.91. The molecule has 0 saturated heterocycles. The Hall–Kier alpha value is -1.39. The Kier molecular flexibility index (Phi) is 4.03. The van der Waals surface area contributed by atoms with Gasteiger partial charge in [-0.25, -0.2) is 0 Å². The van der Waals surface area contributed by atoms with Crippen molar-refractivity contribution >= 4 is 11.3 Å². The molecule has 2 aromatic heterocycles. The van der Waals surface area contributed by atoms with E-state index in [4.69, 9.17) is 4.74 Å². The van der Waals surface area contributed by atoms with Crippen molar-refractivity contribution in [3.8, 4) is 5.75 Å². The van der Waals surface area contributed by atoms with E-state index >= 15 is 0 Å². The van der Waals surface area contributed by atoms with Crippen molar-refractivity contribution in [1.29, 1.82) is 0 Å². The zero-order valence-corrected chi connectivity index (χ0v) is 12.8. The Morgan fingerprint density at radius 2 is 2.10 bits per heavy atom. The number of fused-ring (bicyclic) bond motifs is 1. The van der Waals surface area contributed by atoms with E-state index in [2.05, 4.69) is 22.4 Å². The number of nitrogens with zero attached hydrogens (tertiary/aromatic N) is 1. The first-order valence-corrected chi connectivity index (χ1v) is 7.91. The van der Waals surface area contributed by atoms with Crippen LogP contribution in [-0.4, -0.2) is 19.1 Å². The van der Waals surface area contributed by atoms with Crippen LogP contribution in [-0.2, 0) is 12.8 Å². The molecule has 106 valence electrons. The largest absolute Gasteiger partial charge is 0.495 e. The van der Waals surface area contributed by atoms with Crippen LogP contribution in [0.3, 0.4) is 0 Å². The second kappa shape index (κ2) is 5.94. The van der Waals surface area contributed by atoms with Crippen LogP contribution in [0, 0.1) is 0 Å². The first kappa shape index (κ1) is 13.6. The number of rotatable bonds is 4. The van der Waals surface area contributed by atoms with E-state index in [1.54, 1.807) is 23.7 Å². The lowest BCUT2D eigenvalue weighted by Gasteiger charge is -2.15. The molecule has 4 heteroatoms. The lowest BCUT2D eigenvalue weighted by atomic mass is 9.98. The van der Waals surface area contributed by atoms with Crippen LogP contribution in [0.15, 0.2) is 24.5 Å². The van der Waals surface area contributed by atoms with Gasteiger partial charge in [-0.2, -0.15) is 0 Å². The first-order valence-electron chi connectivity index (χ1n) is 7.09. The summed E-state index contributed by atoms with van der Waals surface area (Å²) < 4.78 is 5.28. The smallest absolute Gasteiger partial charge is 0.137 e. The van der Waals surface area contributed by atoms with Crippen LogP contribution in [0.4, 0.5) is 0 Å². The highest BCUT2D eigenvalue weighted by Gasteiger charge is 2.20. The summed E-state index contributed by atoms with van der Waals surface area (Å²) in [6.45, 7) is 0. The van der Waals surface area contributed by atoms with Gasteiger partial charge in [0.15, 0.2) is 0 Å². The summed E-state index contributed by atoms with van der Waals surface area (Å²) in [6, 6.07) is 4.64. The SMILES string of the molecule is CNC(c1cncc(OC)c1)c1cc2c(s1)CCCC2. The fourth-order valence-electron chi connectivity index (χ4n) is 2.83. The molecule has 0 bridgehead atoms. The van der Waals surface area contributed by atoms with Gasteiger partial charge < -0.3 is 10.1 Å². The van der Waals surface area contributed by atoms with Gasteiger partial charge in [0.05, 0.1) is 19.3 Å². The van der Waals surface area contributed by atoms with Gasteiger partial charge in [0, 0.05) is 16.0 Å². The highest BCUT2D eigenvalue weighted by molar-refractivity contribution is 7.12. The zero-order chi connectivity index (χ0) is 13.9. The van der Waals surface area contributed by atoms with Crippen molar-refractivity contribution in [3.63, 3.8) is 0 Å². The molecular formula is C16H20N2OS. The molecule has 2 heterocycles. The van der Waals surface area contributed by atoms with E-state index in [-0.39, 0.29) is 6.04 Å². The van der Waals surface area contributed by atoms with Crippen LogP contribution in [0.25, 0.3) is 0 Å². The second-order valence-electron chi connectivity index (χ2n) is 5.18. The molecule has 1 aliphatic rings. The minimum atomic E-state index is 0.202. The maximum atomic E-state index is 5.28. The highest BCUT2D eigenvalue weighted by Crippen LogP contribution is 2.35. The topological polar surface area (TPSA) is 34.2 Å². The van der Waals surface area contributed by atoms with Crippen LogP contribution in [0.2, 0.25) is 0 Å². The van der Waals surface area contributed by atoms with E-state index in [9.17, 15) is 0 Å². The maximum Gasteiger partial charge on any atom is 0.137 e. The molecule has 0 amide bonds. The van der Waals surface area contributed by atoms with E-state index in [1.165, 1.54) is 30.6 Å². The lowest BCUT2D eigenvalue weighted by Crippen LogP contribution is -2.16. The third-order valence-corrected chi connectivity index (χ3v) is 5.19. The van der Waals surface area contributed by atoms with E-state index in [0.717, 1.165) is 11.3 Å². The van der Waals surface area contributed by atoms with Crippen molar-refractivity contribution in [1.82, 2.24) is 10.3 Å². The number of pyridine rings is 1. The number of methoxy groups -OCH3 is 1. The molecule has 1 aliphatic carbocycles. The highest BCUT2D eigenvalue weighted by atomic mass is 32.1. The fourth-order valence-corrected chi connectivity index (χ4v) is 4.23. The predicted molar refractivity (Wildman–Crippen MR) is 82.7 cm³/mol. The third kappa shape index (κ3) is 2.58. The van der Waals surface area contributed by atoms with Crippen molar-refractivity contribution in [3.05, 3.63) is 45.4 Å². The van der Waals surface area contributed by atoms with Gasteiger partial charge in [0.1, 0.15) is 5.75 Å². The van der Waals surface area contributed by atoms with Gasteiger partial charge >= 0.3 is 0 Å². The number of hydrogen-bond donors (Lipinski definition) is 1. The summed E-state index contributed by atoms with van der Waals surface area (Å²) in [5, 5.41) is 3.41. The molecule has 1 atom stereocenters. The molecule has 2 aromatic rings. The Morgan fingerprint density at radius 3 is 2.85 bits per heavy atom. The van der Waals surface area contributed by atoms with Crippen molar-refractivity contribution in [2.75, 3.05) is 14.2 Å². The van der Waals surface area contributed by atoms with Crippen LogP contribution in [0.1, 0.15) is 39.8 Å². The summed E-state index contributed by atoms with van der Waals surface area (Å²) in [6.07, 6.45) is 8.80. The fraction of sp³-hybridized carbons (Fsp3) is 0.438. The monoisotopic (exact) mass is 288 g/mol. The first-order chi connectivity index (χ1) is 9.81. The van der Waals surface area contributed by atoms with Gasteiger partial charge in [-0.1, -0.05) is 0 Å². The number of thiophene rings is 1. The molecule has 3 rings (SSSR count). The van der Waals surface area contributed by atoms with E-state index < -0.39 is 0 Å². The van der Waals surface area contributed by atoms with E-state index in [1.807, 2.05) is 24.6 Å². The standard InChI is InChI=1S/C16H20N2OS/c1-17-16(12-7-13(19-2)10-18-9-12)15-8-11-5-3-4-6-14(11)20-15/h7-10,16-17H,3-6H2,1-2H3. The normalized spacial score (nSPS) is 15.7. The van der Waals surface area contributed by atoms with Crippen LogP contribution in [0.5, 0.6) is 5.75 Å². The van der Waals surface area contributed by atoms with Crippen molar-refractivity contribution in [2.24, 2.45) is 0 Å². The zero-order valence-electron chi connectivity index (χ0n) is 12.0. The second-order valence-corrected chi connectivity index (χ2v) is 6.35. The number of hydrogen-bond acceptors (Lipinski definition) is 4. The molecule has 0 aliphatic heterocycles. The Balaban J connectivity index is 1.94. The van der Waals surface area contributed by atoms with Crippen molar-refractivity contribution in [2.45, 2.75) is 31.7 Å². The predicted octanol–water partition coefficient (Wildman–Crippen LogP) is 3.34. The molecule has 0 saturated carbocycles. The Morgan fingerprint density at radius 1 is 1.25 bits per heavy atom. The molecule has 0 radical (unpaired) electrons. The van der Waals surface area contributed by atoms with Gasteiger partial charge in [0.25, 0.3) is 0 Å². The number of aryl methyl sites for hydroxylation is 2. The molecular weight excluding hydrogens is 268 g/mol. The number of ether oxygens (including phenoxy) is 1. The summed E-state index contributed by atoms with van der Waals surface area (Å²) >= 11 is 1.95.